The van der Waals surface area contributed by atoms with Gasteiger partial charge in [0.25, 0.3) is 10.2 Å². The fourth-order valence-electron chi connectivity index (χ4n) is 3.87. The van der Waals surface area contributed by atoms with E-state index >= 15 is 0 Å². The molecule has 2 heterocycles. The first-order valence-corrected chi connectivity index (χ1v) is 11.1. The Morgan fingerprint density at radius 2 is 1.89 bits per heavy atom. The molecule has 0 saturated carbocycles. The minimum Gasteiger partial charge on any atom is -0.379 e. The van der Waals surface area contributed by atoms with Gasteiger partial charge < -0.3 is 9.64 Å². The number of hydrogen-bond donors (Lipinski definition) is 0. The predicted molar refractivity (Wildman–Crippen MR) is 103 cm³/mol. The number of morpholine rings is 1. The largest absolute Gasteiger partial charge is 0.379 e. The van der Waals surface area contributed by atoms with Crippen molar-refractivity contribution in [1.29, 1.82) is 0 Å². The van der Waals surface area contributed by atoms with E-state index in [0.29, 0.717) is 38.8 Å². The van der Waals surface area contributed by atoms with Gasteiger partial charge in [-0.2, -0.15) is 17.0 Å². The summed E-state index contributed by atoms with van der Waals surface area (Å²) < 4.78 is 46.8. The molecule has 6 nitrogen and oxygen atoms in total. The molecule has 152 valence electrons. The molecule has 27 heavy (non-hydrogen) atoms. The minimum absolute atomic E-state index is 0.207. The molecule has 2 saturated heterocycles. The second-order valence-corrected chi connectivity index (χ2v) is 9.52. The van der Waals surface area contributed by atoms with Gasteiger partial charge in [0.15, 0.2) is 0 Å². The average molecular weight is 400 g/mol. The van der Waals surface area contributed by atoms with Crippen LogP contribution in [-0.2, 0) is 21.4 Å². The van der Waals surface area contributed by atoms with Crippen LogP contribution in [0.5, 0.6) is 0 Å². The third kappa shape index (κ3) is 5.71. The van der Waals surface area contributed by atoms with Crippen molar-refractivity contribution in [3.8, 4) is 0 Å². The second kappa shape index (κ2) is 9.43. The lowest BCUT2D eigenvalue weighted by molar-refractivity contribution is 0.0698. The zero-order chi connectivity index (χ0) is 19.3. The SMILES string of the molecule is CN(C[C@@H]1CCCN(CCc2ccc(F)cc2)C1)S(=O)(=O)N1CCOCC1. The van der Waals surface area contributed by atoms with E-state index < -0.39 is 10.2 Å². The normalized spacial score (nSPS) is 23.0. The summed E-state index contributed by atoms with van der Waals surface area (Å²) in [6.07, 6.45) is 3.02. The molecular weight excluding hydrogens is 369 g/mol. The van der Waals surface area contributed by atoms with Crippen molar-refractivity contribution in [3.63, 3.8) is 0 Å². The third-order valence-electron chi connectivity index (χ3n) is 5.44. The lowest BCUT2D eigenvalue weighted by Crippen LogP contribution is -2.49. The molecule has 1 atom stereocenters. The van der Waals surface area contributed by atoms with E-state index in [1.165, 1.54) is 20.7 Å². The molecule has 0 bridgehead atoms. The van der Waals surface area contributed by atoms with Gasteiger partial charge in [-0.25, -0.2) is 4.39 Å². The summed E-state index contributed by atoms with van der Waals surface area (Å²) in [6, 6.07) is 6.67. The number of benzene rings is 1. The summed E-state index contributed by atoms with van der Waals surface area (Å²) in [5.41, 5.74) is 1.13. The van der Waals surface area contributed by atoms with E-state index in [0.717, 1.165) is 44.5 Å². The Morgan fingerprint density at radius 1 is 1.19 bits per heavy atom. The highest BCUT2D eigenvalue weighted by molar-refractivity contribution is 7.86. The third-order valence-corrected chi connectivity index (χ3v) is 7.39. The number of hydrogen-bond acceptors (Lipinski definition) is 4. The van der Waals surface area contributed by atoms with Gasteiger partial charge in [-0.15, -0.1) is 0 Å². The zero-order valence-electron chi connectivity index (χ0n) is 16.0. The Bertz CT molecular complexity index is 693. The van der Waals surface area contributed by atoms with Crippen LogP contribution in [0.15, 0.2) is 24.3 Å². The topological polar surface area (TPSA) is 53.1 Å². The second-order valence-electron chi connectivity index (χ2n) is 7.49. The van der Waals surface area contributed by atoms with E-state index in [4.69, 9.17) is 4.74 Å². The van der Waals surface area contributed by atoms with Crippen molar-refractivity contribution < 1.29 is 17.5 Å². The van der Waals surface area contributed by atoms with Crippen molar-refractivity contribution >= 4 is 10.2 Å². The number of rotatable bonds is 7. The smallest absolute Gasteiger partial charge is 0.281 e. The Morgan fingerprint density at radius 3 is 2.59 bits per heavy atom. The van der Waals surface area contributed by atoms with Gasteiger partial charge in [-0.05, 0) is 49.4 Å². The lowest BCUT2D eigenvalue weighted by Gasteiger charge is -2.36. The van der Waals surface area contributed by atoms with Gasteiger partial charge >= 0.3 is 0 Å². The van der Waals surface area contributed by atoms with Crippen LogP contribution in [0.2, 0.25) is 0 Å². The van der Waals surface area contributed by atoms with E-state index in [1.807, 2.05) is 12.1 Å². The summed E-state index contributed by atoms with van der Waals surface area (Å²) in [5.74, 6) is 0.133. The van der Waals surface area contributed by atoms with Gasteiger partial charge in [0.2, 0.25) is 0 Å². The number of piperidine rings is 1. The summed E-state index contributed by atoms with van der Waals surface area (Å²) in [7, 11) is -1.72. The molecule has 2 aliphatic rings. The fourth-order valence-corrected chi connectivity index (χ4v) is 5.28. The summed E-state index contributed by atoms with van der Waals surface area (Å²) in [4.78, 5) is 2.40. The first-order valence-electron chi connectivity index (χ1n) is 9.71. The van der Waals surface area contributed by atoms with Gasteiger partial charge in [0, 0.05) is 39.8 Å². The highest BCUT2D eigenvalue weighted by atomic mass is 32.2. The van der Waals surface area contributed by atoms with Crippen molar-refractivity contribution in [2.24, 2.45) is 5.92 Å². The van der Waals surface area contributed by atoms with Gasteiger partial charge in [-0.1, -0.05) is 12.1 Å². The van der Waals surface area contributed by atoms with E-state index in [-0.39, 0.29) is 5.82 Å². The summed E-state index contributed by atoms with van der Waals surface area (Å²) in [6.45, 7) is 5.21. The van der Waals surface area contributed by atoms with E-state index in [2.05, 4.69) is 4.90 Å². The van der Waals surface area contributed by atoms with Crippen LogP contribution in [0.1, 0.15) is 18.4 Å². The molecule has 3 rings (SSSR count). The van der Waals surface area contributed by atoms with Gasteiger partial charge in [0.1, 0.15) is 5.82 Å². The van der Waals surface area contributed by atoms with Crippen molar-refractivity contribution in [2.75, 3.05) is 59.5 Å². The highest BCUT2D eigenvalue weighted by Crippen LogP contribution is 2.20. The zero-order valence-corrected chi connectivity index (χ0v) is 16.8. The van der Waals surface area contributed by atoms with Gasteiger partial charge in [0.05, 0.1) is 13.2 Å². The van der Waals surface area contributed by atoms with Crippen molar-refractivity contribution in [2.45, 2.75) is 19.3 Å². The van der Waals surface area contributed by atoms with E-state index in [1.54, 1.807) is 7.05 Å². The molecular formula is C19H30FN3O3S. The van der Waals surface area contributed by atoms with Crippen LogP contribution >= 0.6 is 0 Å². The maximum absolute atomic E-state index is 13.0. The highest BCUT2D eigenvalue weighted by Gasteiger charge is 2.31. The molecule has 2 fully saturated rings. The number of halogens is 1. The maximum Gasteiger partial charge on any atom is 0.281 e. The van der Waals surface area contributed by atoms with Crippen LogP contribution in [0.3, 0.4) is 0 Å². The molecule has 0 unspecified atom stereocenters. The number of likely N-dealkylation sites (tertiary alicyclic amines) is 1. The quantitative estimate of drug-likeness (QED) is 0.699. The Labute approximate surface area is 162 Å². The molecule has 1 aromatic carbocycles. The maximum atomic E-state index is 13.0. The van der Waals surface area contributed by atoms with Crippen LogP contribution in [0, 0.1) is 11.7 Å². The molecule has 0 radical (unpaired) electrons. The molecule has 2 aliphatic heterocycles. The molecule has 0 aromatic heterocycles. The van der Waals surface area contributed by atoms with Crippen LogP contribution in [0.25, 0.3) is 0 Å². The van der Waals surface area contributed by atoms with Crippen LogP contribution in [-0.4, -0.2) is 81.5 Å². The first kappa shape index (κ1) is 20.7. The molecule has 0 N–H and O–H groups in total. The molecule has 0 amide bonds. The van der Waals surface area contributed by atoms with Crippen molar-refractivity contribution in [3.05, 3.63) is 35.6 Å². The standard InChI is InChI=1S/C19H30FN3O3S/c1-21(27(24,25)23-11-13-26-14-12-23)15-18-3-2-9-22(16-18)10-8-17-4-6-19(20)7-5-17/h4-7,18H,2-3,8-16H2,1H3/t18-/m0/s1. The lowest BCUT2D eigenvalue weighted by atomic mass is 9.97. The van der Waals surface area contributed by atoms with Crippen LogP contribution in [0.4, 0.5) is 4.39 Å². The molecule has 0 aliphatic carbocycles. The summed E-state index contributed by atoms with van der Waals surface area (Å²) >= 11 is 0. The minimum atomic E-state index is -3.41. The number of nitrogens with zero attached hydrogens (tertiary/aromatic N) is 3. The average Bonchev–Trinajstić information content (AvgIpc) is 2.68. The van der Waals surface area contributed by atoms with E-state index in [9.17, 15) is 12.8 Å². The van der Waals surface area contributed by atoms with Gasteiger partial charge in [-0.3, -0.25) is 0 Å². The Balaban J connectivity index is 1.49. The summed E-state index contributed by atoms with van der Waals surface area (Å²) in [5, 5.41) is 0. The first-order chi connectivity index (χ1) is 12.9. The molecule has 1 aromatic rings. The number of ether oxygens (including phenoxy) is 1. The Kier molecular flexibility index (Phi) is 7.22. The predicted octanol–water partition coefficient (Wildman–Crippen LogP) is 1.59. The monoisotopic (exact) mass is 399 g/mol. The Hall–Kier alpha value is -1.06. The molecule has 8 heteroatoms. The molecule has 0 spiro atoms. The fraction of sp³-hybridized carbons (Fsp3) is 0.684. The van der Waals surface area contributed by atoms with Crippen LogP contribution < -0.4 is 0 Å². The van der Waals surface area contributed by atoms with Crippen molar-refractivity contribution in [1.82, 2.24) is 13.5 Å².